The summed E-state index contributed by atoms with van der Waals surface area (Å²) in [5.74, 6) is -0.949. The SMILES string of the molecule is COC(=O)c1ccccc1-n1c(C)cc(C=C2C(=O)NC(=S)N(c3ccc(OC)cc3)C2=O)c1C. The van der Waals surface area contributed by atoms with Gasteiger partial charge in [-0.25, -0.2) is 4.79 Å². The highest BCUT2D eigenvalue weighted by atomic mass is 32.1. The van der Waals surface area contributed by atoms with Crippen molar-refractivity contribution in [2.45, 2.75) is 13.8 Å². The van der Waals surface area contributed by atoms with Crippen LogP contribution in [0.1, 0.15) is 27.3 Å². The molecule has 1 saturated heterocycles. The summed E-state index contributed by atoms with van der Waals surface area (Å²) in [5, 5.41) is 2.59. The van der Waals surface area contributed by atoms with Crippen molar-refractivity contribution >= 4 is 46.9 Å². The minimum Gasteiger partial charge on any atom is -0.497 e. The number of hydrogen-bond donors (Lipinski definition) is 1. The average molecular weight is 490 g/mol. The molecule has 1 fully saturated rings. The maximum atomic E-state index is 13.4. The van der Waals surface area contributed by atoms with E-state index in [4.69, 9.17) is 21.7 Å². The number of amides is 2. The summed E-state index contributed by atoms with van der Waals surface area (Å²) >= 11 is 5.27. The van der Waals surface area contributed by atoms with Crippen LogP contribution in [-0.2, 0) is 14.3 Å². The highest BCUT2D eigenvalue weighted by Gasteiger charge is 2.34. The van der Waals surface area contributed by atoms with Gasteiger partial charge in [0.2, 0.25) is 0 Å². The molecule has 2 amide bonds. The van der Waals surface area contributed by atoms with Gasteiger partial charge in [0.15, 0.2) is 5.11 Å². The summed E-state index contributed by atoms with van der Waals surface area (Å²) in [6, 6.07) is 15.7. The van der Waals surface area contributed by atoms with Gasteiger partial charge < -0.3 is 14.0 Å². The summed E-state index contributed by atoms with van der Waals surface area (Å²) in [5.41, 5.74) is 3.70. The van der Waals surface area contributed by atoms with Gasteiger partial charge in [-0.15, -0.1) is 0 Å². The molecule has 1 aliphatic rings. The van der Waals surface area contributed by atoms with Crippen LogP contribution >= 0.6 is 12.2 Å². The van der Waals surface area contributed by atoms with Gasteiger partial charge >= 0.3 is 5.97 Å². The zero-order valence-electron chi connectivity index (χ0n) is 19.6. The quantitative estimate of drug-likeness (QED) is 0.254. The smallest absolute Gasteiger partial charge is 0.339 e. The van der Waals surface area contributed by atoms with Crippen molar-refractivity contribution < 1.29 is 23.9 Å². The van der Waals surface area contributed by atoms with Crippen LogP contribution in [0.2, 0.25) is 0 Å². The maximum Gasteiger partial charge on any atom is 0.339 e. The van der Waals surface area contributed by atoms with Crippen LogP contribution in [0.15, 0.2) is 60.2 Å². The van der Waals surface area contributed by atoms with Gasteiger partial charge in [-0.1, -0.05) is 12.1 Å². The fraction of sp³-hybridized carbons (Fsp3) is 0.154. The molecule has 1 N–H and O–H groups in total. The Morgan fingerprint density at radius 2 is 1.71 bits per heavy atom. The Bertz CT molecular complexity index is 1390. The van der Waals surface area contributed by atoms with E-state index in [-0.39, 0.29) is 10.7 Å². The van der Waals surface area contributed by atoms with Crippen molar-refractivity contribution in [3.05, 3.63) is 82.7 Å². The highest BCUT2D eigenvalue weighted by molar-refractivity contribution is 7.80. The van der Waals surface area contributed by atoms with Crippen LogP contribution in [0.4, 0.5) is 5.69 Å². The van der Waals surface area contributed by atoms with Crippen LogP contribution in [0.5, 0.6) is 5.75 Å². The van der Waals surface area contributed by atoms with E-state index in [0.717, 1.165) is 11.4 Å². The molecule has 35 heavy (non-hydrogen) atoms. The number of anilines is 1. The third-order valence-electron chi connectivity index (χ3n) is 5.75. The first-order valence-electron chi connectivity index (χ1n) is 10.7. The summed E-state index contributed by atoms with van der Waals surface area (Å²) in [7, 11) is 2.88. The molecule has 2 heterocycles. The fourth-order valence-corrected chi connectivity index (χ4v) is 4.32. The number of methoxy groups -OCH3 is 2. The van der Waals surface area contributed by atoms with E-state index < -0.39 is 17.8 Å². The van der Waals surface area contributed by atoms with E-state index >= 15 is 0 Å². The minimum atomic E-state index is -0.579. The molecule has 0 radical (unpaired) electrons. The average Bonchev–Trinajstić information content (AvgIpc) is 3.13. The number of nitrogens with zero attached hydrogens (tertiary/aromatic N) is 2. The van der Waals surface area contributed by atoms with Gasteiger partial charge in [-0.2, -0.15) is 0 Å². The predicted molar refractivity (Wildman–Crippen MR) is 136 cm³/mol. The van der Waals surface area contributed by atoms with Crippen molar-refractivity contribution in [2.24, 2.45) is 0 Å². The van der Waals surface area contributed by atoms with E-state index in [0.29, 0.717) is 28.3 Å². The van der Waals surface area contributed by atoms with E-state index in [1.807, 2.05) is 36.6 Å². The Morgan fingerprint density at radius 1 is 1.03 bits per heavy atom. The molecule has 9 heteroatoms. The number of aryl methyl sites for hydroxylation is 1. The Balaban J connectivity index is 1.77. The summed E-state index contributed by atoms with van der Waals surface area (Å²) in [4.78, 5) is 39.7. The molecule has 178 valence electrons. The van der Waals surface area contributed by atoms with E-state index in [1.165, 1.54) is 18.1 Å². The predicted octanol–water partition coefficient (Wildman–Crippen LogP) is 3.72. The molecule has 0 unspecified atom stereocenters. The number of hydrogen-bond acceptors (Lipinski definition) is 6. The first-order chi connectivity index (χ1) is 16.8. The summed E-state index contributed by atoms with van der Waals surface area (Å²) in [6.07, 6.45) is 1.54. The van der Waals surface area contributed by atoms with Crippen molar-refractivity contribution in [3.63, 3.8) is 0 Å². The second kappa shape index (κ2) is 9.55. The molecule has 0 saturated carbocycles. The molecule has 0 spiro atoms. The number of ether oxygens (including phenoxy) is 2. The molecular weight excluding hydrogens is 466 g/mol. The molecule has 0 bridgehead atoms. The highest BCUT2D eigenvalue weighted by Crippen LogP contribution is 2.28. The first-order valence-corrected chi connectivity index (χ1v) is 11.1. The number of esters is 1. The number of rotatable bonds is 5. The van der Waals surface area contributed by atoms with Gasteiger partial charge in [-0.3, -0.25) is 19.8 Å². The molecule has 1 aliphatic heterocycles. The zero-order valence-corrected chi connectivity index (χ0v) is 20.4. The van der Waals surface area contributed by atoms with Crippen molar-refractivity contribution in [2.75, 3.05) is 19.1 Å². The van der Waals surface area contributed by atoms with Gasteiger partial charge in [0.05, 0.1) is 31.2 Å². The largest absolute Gasteiger partial charge is 0.497 e. The number of para-hydroxylation sites is 1. The second-order valence-electron chi connectivity index (χ2n) is 7.83. The van der Waals surface area contributed by atoms with Crippen LogP contribution in [0, 0.1) is 13.8 Å². The third-order valence-corrected chi connectivity index (χ3v) is 6.04. The van der Waals surface area contributed by atoms with Crippen LogP contribution < -0.4 is 15.0 Å². The maximum absolute atomic E-state index is 13.4. The Labute approximate surface area is 207 Å². The number of aromatic nitrogens is 1. The van der Waals surface area contributed by atoms with E-state index in [9.17, 15) is 14.4 Å². The van der Waals surface area contributed by atoms with Gasteiger partial charge in [0.1, 0.15) is 11.3 Å². The summed E-state index contributed by atoms with van der Waals surface area (Å²) < 4.78 is 12.0. The Kier molecular flexibility index (Phi) is 6.52. The zero-order chi connectivity index (χ0) is 25.3. The lowest BCUT2D eigenvalue weighted by molar-refractivity contribution is -0.122. The van der Waals surface area contributed by atoms with E-state index in [1.54, 1.807) is 43.5 Å². The molecule has 4 rings (SSSR count). The van der Waals surface area contributed by atoms with Crippen molar-refractivity contribution in [1.82, 2.24) is 9.88 Å². The third kappa shape index (κ3) is 4.33. The van der Waals surface area contributed by atoms with Crippen molar-refractivity contribution in [3.8, 4) is 11.4 Å². The number of carbonyl (C=O) groups excluding carboxylic acids is 3. The standard InChI is InChI=1S/C26H23N3O5S/c1-15-13-17(16(2)28(15)22-8-6-5-7-20(22)25(32)34-4)14-21-23(30)27-26(35)29(24(21)31)18-9-11-19(33-3)12-10-18/h5-14H,1-4H3,(H,27,30,35). The van der Waals surface area contributed by atoms with Gasteiger partial charge in [0.25, 0.3) is 11.8 Å². The molecule has 2 aromatic carbocycles. The molecule has 0 aliphatic carbocycles. The normalized spacial score (nSPS) is 14.8. The second-order valence-corrected chi connectivity index (χ2v) is 8.21. The van der Waals surface area contributed by atoms with Gasteiger partial charge in [-0.05, 0) is 80.2 Å². The first kappa shape index (κ1) is 23.9. The van der Waals surface area contributed by atoms with Crippen LogP contribution in [0.3, 0.4) is 0 Å². The molecule has 3 aromatic rings. The lowest BCUT2D eigenvalue weighted by atomic mass is 10.1. The fourth-order valence-electron chi connectivity index (χ4n) is 4.03. The number of benzene rings is 2. The number of thiocarbonyl (C=S) groups is 1. The van der Waals surface area contributed by atoms with E-state index in [2.05, 4.69) is 5.32 Å². The molecule has 1 aromatic heterocycles. The summed E-state index contributed by atoms with van der Waals surface area (Å²) in [6.45, 7) is 3.73. The van der Waals surface area contributed by atoms with Crippen LogP contribution in [0.25, 0.3) is 11.8 Å². The minimum absolute atomic E-state index is 0.000190. The Morgan fingerprint density at radius 3 is 2.37 bits per heavy atom. The van der Waals surface area contributed by atoms with Crippen molar-refractivity contribution in [1.29, 1.82) is 0 Å². The topological polar surface area (TPSA) is 89.9 Å². The molecule has 8 nitrogen and oxygen atoms in total. The number of nitrogens with one attached hydrogen (secondary N) is 1. The number of carbonyl (C=O) groups is 3. The molecule has 0 atom stereocenters. The van der Waals surface area contributed by atoms with Gasteiger partial charge in [0, 0.05) is 11.4 Å². The molecular formula is C26H23N3O5S. The van der Waals surface area contributed by atoms with Crippen LogP contribution in [-0.4, -0.2) is 41.7 Å². The monoisotopic (exact) mass is 489 g/mol. The Hall–Kier alpha value is -4.24. The lowest BCUT2D eigenvalue weighted by Crippen LogP contribution is -2.54. The lowest BCUT2D eigenvalue weighted by Gasteiger charge is -2.29.